The molecule has 0 atom stereocenters. The van der Waals surface area contributed by atoms with Gasteiger partial charge in [0, 0.05) is 55.5 Å². The number of rotatable bonds is 7. The highest BCUT2D eigenvalue weighted by Crippen LogP contribution is 2.27. The quantitative estimate of drug-likeness (QED) is 0.370. The van der Waals surface area contributed by atoms with Gasteiger partial charge in [0.05, 0.1) is 22.3 Å². The third kappa shape index (κ3) is 5.26. The molecule has 2 aromatic heterocycles. The van der Waals surface area contributed by atoms with Crippen LogP contribution < -0.4 is 4.74 Å². The first-order valence-electron chi connectivity index (χ1n) is 12.2. The highest BCUT2D eigenvalue weighted by molar-refractivity contribution is 7.07. The lowest BCUT2D eigenvalue weighted by molar-refractivity contribution is 0.0597. The van der Waals surface area contributed by atoms with Crippen molar-refractivity contribution < 1.29 is 9.53 Å². The van der Waals surface area contributed by atoms with E-state index in [-0.39, 0.29) is 12.0 Å². The highest BCUT2D eigenvalue weighted by Gasteiger charge is 2.26. The van der Waals surface area contributed by atoms with Gasteiger partial charge in [-0.25, -0.2) is 4.98 Å². The molecule has 0 spiro atoms. The van der Waals surface area contributed by atoms with Crippen LogP contribution in [0.15, 0.2) is 53.4 Å². The van der Waals surface area contributed by atoms with Crippen molar-refractivity contribution >= 4 is 28.1 Å². The van der Waals surface area contributed by atoms with Crippen molar-refractivity contribution in [2.45, 2.75) is 45.9 Å². The van der Waals surface area contributed by atoms with Gasteiger partial charge in [-0.1, -0.05) is 24.3 Å². The van der Waals surface area contributed by atoms with Gasteiger partial charge >= 0.3 is 0 Å². The maximum atomic E-state index is 13.3. The average Bonchev–Trinajstić information content (AvgIpc) is 3.47. The SMILES string of the molecule is Cc1[nH]c2c(C(=O)N3CCC(Oc4cccc(CN(C)Cc5cscn5)c4)CC3)cccc2c1C. The molecule has 4 aromatic rings. The minimum absolute atomic E-state index is 0.0976. The van der Waals surface area contributed by atoms with Crippen molar-refractivity contribution in [1.29, 1.82) is 0 Å². The third-order valence-corrected chi connectivity index (χ3v) is 7.51. The molecular weight excluding hydrogens is 456 g/mol. The van der Waals surface area contributed by atoms with Crippen molar-refractivity contribution in [2.75, 3.05) is 20.1 Å². The zero-order chi connectivity index (χ0) is 24.4. The second-order valence-electron chi connectivity index (χ2n) is 9.51. The zero-order valence-electron chi connectivity index (χ0n) is 20.6. The normalized spacial score (nSPS) is 14.7. The van der Waals surface area contributed by atoms with E-state index >= 15 is 0 Å². The summed E-state index contributed by atoms with van der Waals surface area (Å²) in [4.78, 5) is 25.3. The Bertz CT molecular complexity index is 1310. The first-order chi connectivity index (χ1) is 17.0. The Morgan fingerprint density at radius 1 is 1.17 bits per heavy atom. The largest absolute Gasteiger partial charge is 0.490 e. The number of ether oxygens (including phenoxy) is 1. The smallest absolute Gasteiger partial charge is 0.255 e. The van der Waals surface area contributed by atoms with Gasteiger partial charge in [-0.05, 0) is 50.2 Å². The van der Waals surface area contributed by atoms with Crippen LogP contribution in [0.5, 0.6) is 5.75 Å². The van der Waals surface area contributed by atoms with E-state index in [0.717, 1.165) is 59.5 Å². The standard InChI is InChI=1S/C28H32N4O2S/c1-19-20(2)30-27-25(19)8-5-9-26(27)28(33)32-12-10-23(11-13-32)34-24-7-4-6-21(14-24)15-31(3)16-22-17-35-18-29-22/h4-9,14,17-18,23,30H,10-13,15-16H2,1-3H3. The number of carbonyl (C=O) groups is 1. The number of hydrogen-bond donors (Lipinski definition) is 1. The second kappa shape index (κ2) is 10.2. The highest BCUT2D eigenvalue weighted by atomic mass is 32.1. The Kier molecular flexibility index (Phi) is 6.88. The van der Waals surface area contributed by atoms with Crippen LogP contribution in [-0.4, -0.2) is 51.9 Å². The number of fused-ring (bicyclic) bond motifs is 1. The van der Waals surface area contributed by atoms with Crippen molar-refractivity contribution in [3.05, 3.63) is 81.4 Å². The van der Waals surface area contributed by atoms with Crippen molar-refractivity contribution in [3.8, 4) is 5.75 Å². The van der Waals surface area contributed by atoms with Crippen LogP contribution in [-0.2, 0) is 13.1 Å². The fourth-order valence-corrected chi connectivity index (χ4v) is 5.43. The van der Waals surface area contributed by atoms with Crippen LogP contribution in [0.2, 0.25) is 0 Å². The van der Waals surface area contributed by atoms with Gasteiger partial charge in [0.2, 0.25) is 0 Å². The number of carbonyl (C=O) groups excluding carboxylic acids is 1. The maximum Gasteiger partial charge on any atom is 0.255 e. The van der Waals surface area contributed by atoms with Crippen LogP contribution in [0, 0.1) is 13.8 Å². The van der Waals surface area contributed by atoms with Gasteiger partial charge < -0.3 is 14.6 Å². The predicted octanol–water partition coefficient (Wildman–Crippen LogP) is 5.56. The van der Waals surface area contributed by atoms with Crippen LogP contribution in [0.1, 0.15) is 45.7 Å². The molecule has 5 rings (SSSR count). The lowest BCUT2D eigenvalue weighted by Crippen LogP contribution is -2.41. The topological polar surface area (TPSA) is 61.5 Å². The van der Waals surface area contributed by atoms with E-state index < -0.39 is 0 Å². The Balaban J connectivity index is 1.17. The molecular formula is C28H32N4O2S. The van der Waals surface area contributed by atoms with Gasteiger partial charge in [-0.3, -0.25) is 9.69 Å². The molecule has 2 aromatic carbocycles. The fourth-order valence-electron chi connectivity index (χ4n) is 4.88. The minimum Gasteiger partial charge on any atom is -0.490 e. The van der Waals surface area contributed by atoms with Crippen LogP contribution >= 0.6 is 11.3 Å². The van der Waals surface area contributed by atoms with Gasteiger partial charge in [0.15, 0.2) is 0 Å². The Morgan fingerprint density at radius 2 is 1.97 bits per heavy atom. The molecule has 1 aliphatic rings. The molecule has 6 nitrogen and oxygen atoms in total. The Labute approximate surface area is 210 Å². The fraction of sp³-hybridized carbons (Fsp3) is 0.357. The van der Waals surface area contributed by atoms with E-state index in [4.69, 9.17) is 4.74 Å². The summed E-state index contributed by atoms with van der Waals surface area (Å²) in [6.07, 6.45) is 1.78. The number of piperidine rings is 1. The number of benzene rings is 2. The Morgan fingerprint density at radius 3 is 2.74 bits per heavy atom. The number of nitrogens with zero attached hydrogens (tertiary/aromatic N) is 3. The van der Waals surface area contributed by atoms with Crippen LogP contribution in [0.25, 0.3) is 10.9 Å². The summed E-state index contributed by atoms with van der Waals surface area (Å²) in [6, 6.07) is 14.3. The number of hydrogen-bond acceptors (Lipinski definition) is 5. The maximum absolute atomic E-state index is 13.3. The first-order valence-corrected chi connectivity index (χ1v) is 13.1. The lowest BCUT2D eigenvalue weighted by atomic mass is 10.0. The number of para-hydroxylation sites is 1. The molecule has 182 valence electrons. The first kappa shape index (κ1) is 23.6. The number of aryl methyl sites for hydroxylation is 2. The molecule has 3 heterocycles. The average molecular weight is 489 g/mol. The van der Waals surface area contributed by atoms with E-state index in [9.17, 15) is 4.79 Å². The number of likely N-dealkylation sites (tertiary alicyclic amines) is 1. The molecule has 1 aliphatic heterocycles. The molecule has 0 saturated carbocycles. The Hall–Kier alpha value is -3.16. The molecule has 1 amide bonds. The van der Waals surface area contributed by atoms with E-state index in [1.165, 1.54) is 11.1 Å². The second-order valence-corrected chi connectivity index (χ2v) is 10.2. The molecule has 1 saturated heterocycles. The molecule has 1 fully saturated rings. The molecule has 0 unspecified atom stereocenters. The van der Waals surface area contributed by atoms with Gasteiger partial charge in [-0.15, -0.1) is 11.3 Å². The summed E-state index contributed by atoms with van der Waals surface area (Å²) >= 11 is 1.63. The van der Waals surface area contributed by atoms with Crippen molar-refractivity contribution in [2.24, 2.45) is 0 Å². The van der Waals surface area contributed by atoms with E-state index in [1.807, 2.05) is 28.6 Å². The number of H-pyrrole nitrogens is 1. The summed E-state index contributed by atoms with van der Waals surface area (Å²) in [5, 5.41) is 3.22. The minimum atomic E-state index is 0.0976. The van der Waals surface area contributed by atoms with Gasteiger partial charge in [-0.2, -0.15) is 0 Å². The van der Waals surface area contributed by atoms with E-state index in [2.05, 4.69) is 65.4 Å². The summed E-state index contributed by atoms with van der Waals surface area (Å²) in [5.41, 5.74) is 8.22. The number of amides is 1. The molecule has 35 heavy (non-hydrogen) atoms. The van der Waals surface area contributed by atoms with Gasteiger partial charge in [0.1, 0.15) is 11.9 Å². The lowest BCUT2D eigenvalue weighted by Gasteiger charge is -2.32. The third-order valence-electron chi connectivity index (χ3n) is 6.87. The van der Waals surface area contributed by atoms with Crippen LogP contribution in [0.4, 0.5) is 0 Å². The summed E-state index contributed by atoms with van der Waals surface area (Å²) in [6.45, 7) is 7.23. The summed E-state index contributed by atoms with van der Waals surface area (Å²) in [7, 11) is 2.11. The monoisotopic (exact) mass is 488 g/mol. The van der Waals surface area contributed by atoms with Gasteiger partial charge in [0.25, 0.3) is 5.91 Å². The predicted molar refractivity (Wildman–Crippen MR) is 141 cm³/mol. The molecule has 0 radical (unpaired) electrons. The summed E-state index contributed by atoms with van der Waals surface area (Å²) in [5.74, 6) is 0.997. The zero-order valence-corrected chi connectivity index (χ0v) is 21.4. The van der Waals surface area contributed by atoms with Crippen molar-refractivity contribution in [1.82, 2.24) is 19.8 Å². The summed E-state index contributed by atoms with van der Waals surface area (Å²) < 4.78 is 6.33. The van der Waals surface area contributed by atoms with E-state index in [1.54, 1.807) is 11.3 Å². The molecule has 7 heteroatoms. The molecule has 0 aliphatic carbocycles. The molecule has 1 N–H and O–H groups in total. The van der Waals surface area contributed by atoms with Crippen molar-refractivity contribution in [3.63, 3.8) is 0 Å². The van der Waals surface area contributed by atoms with E-state index in [0.29, 0.717) is 13.1 Å². The number of aromatic nitrogens is 2. The van der Waals surface area contributed by atoms with Crippen LogP contribution in [0.3, 0.4) is 0 Å². The molecule has 0 bridgehead atoms. The number of thiazole rings is 1. The number of nitrogens with one attached hydrogen (secondary N) is 1. The number of aromatic amines is 1.